The van der Waals surface area contributed by atoms with Crippen LogP contribution in [0.1, 0.15) is 40.0 Å². The van der Waals surface area contributed by atoms with Gasteiger partial charge in [-0.2, -0.15) is 0 Å². The molecule has 1 nitrogen and oxygen atoms in total. The van der Waals surface area contributed by atoms with Crippen molar-refractivity contribution >= 4 is 0 Å². The van der Waals surface area contributed by atoms with Crippen LogP contribution in [-0.2, 0) is 0 Å². The molecule has 0 radical (unpaired) electrons. The minimum atomic E-state index is 0.648. The van der Waals surface area contributed by atoms with Crippen molar-refractivity contribution in [2.24, 2.45) is 11.8 Å². The van der Waals surface area contributed by atoms with Crippen LogP contribution in [0.2, 0.25) is 0 Å². The molecule has 1 rings (SSSR count). The van der Waals surface area contributed by atoms with Gasteiger partial charge in [-0.3, -0.25) is 0 Å². The molecule has 1 N–H and O–H groups in total. The fraction of sp³-hybridized carbons (Fsp3) is 0.800. The first-order chi connectivity index (χ1) is 5.11. The summed E-state index contributed by atoms with van der Waals surface area (Å²) in [6, 6.07) is 0. The molecule has 1 aliphatic carbocycles. The number of hydrogen-bond acceptors (Lipinski definition) is 1. The van der Waals surface area contributed by atoms with Gasteiger partial charge in [0.15, 0.2) is 0 Å². The maximum Gasteiger partial charge on any atom is 0.0914 e. The molecule has 0 aromatic carbocycles. The van der Waals surface area contributed by atoms with Gasteiger partial charge in [0, 0.05) is 6.42 Å². The predicted octanol–water partition coefficient (Wildman–Crippen LogP) is 3.27. The van der Waals surface area contributed by atoms with Crippen molar-refractivity contribution in [3.63, 3.8) is 0 Å². The van der Waals surface area contributed by atoms with E-state index in [0.29, 0.717) is 17.6 Å². The molecule has 0 amide bonds. The largest absolute Gasteiger partial charge is 0.512 e. The van der Waals surface area contributed by atoms with E-state index >= 15 is 0 Å². The van der Waals surface area contributed by atoms with Gasteiger partial charge in [0.25, 0.3) is 0 Å². The van der Waals surface area contributed by atoms with Crippen molar-refractivity contribution in [3.8, 4) is 0 Å². The van der Waals surface area contributed by atoms with E-state index in [2.05, 4.69) is 13.8 Å². The van der Waals surface area contributed by atoms with Crippen LogP contribution in [0, 0.1) is 11.8 Å². The van der Waals surface area contributed by atoms with Gasteiger partial charge in [0.05, 0.1) is 5.76 Å². The Morgan fingerprint density at radius 1 is 1.45 bits per heavy atom. The number of hydrogen-bond donors (Lipinski definition) is 1. The second-order valence-corrected chi connectivity index (χ2v) is 3.97. The Bertz CT molecular complexity index is 168. The molecule has 0 unspecified atom stereocenters. The Labute approximate surface area is 69.1 Å². The number of rotatable bonds is 1. The lowest BCUT2D eigenvalue weighted by atomic mass is 9.82. The third kappa shape index (κ3) is 1.98. The van der Waals surface area contributed by atoms with Gasteiger partial charge in [-0.05, 0) is 37.2 Å². The third-order valence-corrected chi connectivity index (χ3v) is 2.78. The summed E-state index contributed by atoms with van der Waals surface area (Å²) >= 11 is 0. The van der Waals surface area contributed by atoms with Gasteiger partial charge in [-0.15, -0.1) is 0 Å². The Kier molecular flexibility index (Phi) is 2.58. The van der Waals surface area contributed by atoms with Crippen molar-refractivity contribution in [2.45, 2.75) is 40.0 Å². The minimum Gasteiger partial charge on any atom is -0.512 e. The summed E-state index contributed by atoms with van der Waals surface area (Å²) in [5, 5.41) is 9.48. The van der Waals surface area contributed by atoms with Gasteiger partial charge in [-0.25, -0.2) is 0 Å². The quantitative estimate of drug-likeness (QED) is 0.614. The molecular formula is C10H18O. The minimum absolute atomic E-state index is 0.648. The standard InChI is InChI=1S/C10H18O/c1-7(2)9-5-4-8(3)10(11)6-9/h7,9,11H,4-6H2,1-3H3/t9-/m1/s1. The summed E-state index contributed by atoms with van der Waals surface area (Å²) in [4.78, 5) is 0. The Hall–Kier alpha value is -0.460. The lowest BCUT2D eigenvalue weighted by Gasteiger charge is -2.25. The Morgan fingerprint density at radius 3 is 2.55 bits per heavy atom. The molecule has 0 saturated carbocycles. The molecule has 0 saturated heterocycles. The topological polar surface area (TPSA) is 20.2 Å². The number of aliphatic hydroxyl groups is 1. The molecule has 0 bridgehead atoms. The molecule has 0 aromatic heterocycles. The third-order valence-electron chi connectivity index (χ3n) is 2.78. The SMILES string of the molecule is CC1=C(O)C[C@H](C(C)C)CC1. The van der Waals surface area contributed by atoms with E-state index in [1.807, 2.05) is 6.92 Å². The van der Waals surface area contributed by atoms with Gasteiger partial charge >= 0.3 is 0 Å². The van der Waals surface area contributed by atoms with E-state index in [0.717, 1.165) is 12.8 Å². The molecular weight excluding hydrogens is 136 g/mol. The highest BCUT2D eigenvalue weighted by atomic mass is 16.3. The average Bonchev–Trinajstić information content (AvgIpc) is 1.94. The van der Waals surface area contributed by atoms with Crippen LogP contribution < -0.4 is 0 Å². The van der Waals surface area contributed by atoms with E-state index in [9.17, 15) is 5.11 Å². The van der Waals surface area contributed by atoms with Crippen molar-refractivity contribution in [1.82, 2.24) is 0 Å². The van der Waals surface area contributed by atoms with Crippen LogP contribution in [0.4, 0.5) is 0 Å². The second-order valence-electron chi connectivity index (χ2n) is 3.97. The number of aliphatic hydroxyl groups excluding tert-OH is 1. The van der Waals surface area contributed by atoms with Gasteiger partial charge in [0.2, 0.25) is 0 Å². The average molecular weight is 154 g/mol. The lowest BCUT2D eigenvalue weighted by Crippen LogP contribution is -2.14. The highest BCUT2D eigenvalue weighted by Crippen LogP contribution is 2.32. The fourth-order valence-electron chi connectivity index (χ4n) is 1.64. The van der Waals surface area contributed by atoms with E-state index in [1.165, 1.54) is 12.0 Å². The van der Waals surface area contributed by atoms with Crippen molar-refractivity contribution < 1.29 is 5.11 Å². The van der Waals surface area contributed by atoms with Crippen LogP contribution in [0.15, 0.2) is 11.3 Å². The monoisotopic (exact) mass is 154 g/mol. The summed E-state index contributed by atoms with van der Waals surface area (Å²) in [6.07, 6.45) is 3.26. The first-order valence-corrected chi connectivity index (χ1v) is 4.49. The molecule has 1 atom stereocenters. The molecule has 0 aromatic rings. The van der Waals surface area contributed by atoms with Crippen LogP contribution in [0.5, 0.6) is 0 Å². The smallest absolute Gasteiger partial charge is 0.0914 e. The molecule has 1 heteroatoms. The molecule has 0 spiro atoms. The van der Waals surface area contributed by atoms with Gasteiger partial charge in [0.1, 0.15) is 0 Å². The van der Waals surface area contributed by atoms with Crippen molar-refractivity contribution in [2.75, 3.05) is 0 Å². The Balaban J connectivity index is 2.57. The summed E-state index contributed by atoms with van der Waals surface area (Å²) in [5.74, 6) is 2.07. The lowest BCUT2D eigenvalue weighted by molar-refractivity contribution is 0.266. The summed E-state index contributed by atoms with van der Waals surface area (Å²) in [6.45, 7) is 6.50. The van der Waals surface area contributed by atoms with E-state index < -0.39 is 0 Å². The molecule has 0 aliphatic heterocycles. The zero-order valence-corrected chi connectivity index (χ0v) is 7.72. The molecule has 0 heterocycles. The van der Waals surface area contributed by atoms with Crippen molar-refractivity contribution in [1.29, 1.82) is 0 Å². The van der Waals surface area contributed by atoms with E-state index in [4.69, 9.17) is 0 Å². The summed E-state index contributed by atoms with van der Waals surface area (Å²) in [7, 11) is 0. The second kappa shape index (κ2) is 3.29. The zero-order valence-electron chi connectivity index (χ0n) is 7.72. The van der Waals surface area contributed by atoms with Crippen LogP contribution in [-0.4, -0.2) is 5.11 Å². The first kappa shape index (κ1) is 8.63. The van der Waals surface area contributed by atoms with Crippen molar-refractivity contribution in [3.05, 3.63) is 11.3 Å². The summed E-state index contributed by atoms with van der Waals surface area (Å²) < 4.78 is 0. The Morgan fingerprint density at radius 2 is 2.09 bits per heavy atom. The van der Waals surface area contributed by atoms with E-state index in [1.54, 1.807) is 0 Å². The molecule has 64 valence electrons. The van der Waals surface area contributed by atoms with Gasteiger partial charge < -0.3 is 5.11 Å². The maximum absolute atomic E-state index is 9.48. The molecule has 11 heavy (non-hydrogen) atoms. The molecule has 0 fully saturated rings. The van der Waals surface area contributed by atoms with Crippen LogP contribution in [0.25, 0.3) is 0 Å². The number of allylic oxidation sites excluding steroid dienone is 2. The normalized spacial score (nSPS) is 26.4. The fourth-order valence-corrected chi connectivity index (χ4v) is 1.64. The summed E-state index contributed by atoms with van der Waals surface area (Å²) in [5.41, 5.74) is 1.20. The van der Waals surface area contributed by atoms with Crippen LogP contribution in [0.3, 0.4) is 0 Å². The first-order valence-electron chi connectivity index (χ1n) is 4.49. The maximum atomic E-state index is 9.48. The van der Waals surface area contributed by atoms with Crippen LogP contribution >= 0.6 is 0 Å². The van der Waals surface area contributed by atoms with E-state index in [-0.39, 0.29) is 0 Å². The highest BCUT2D eigenvalue weighted by molar-refractivity contribution is 5.09. The highest BCUT2D eigenvalue weighted by Gasteiger charge is 2.20. The zero-order chi connectivity index (χ0) is 8.43. The molecule has 1 aliphatic rings. The predicted molar refractivity (Wildman–Crippen MR) is 47.5 cm³/mol. The van der Waals surface area contributed by atoms with Gasteiger partial charge in [-0.1, -0.05) is 13.8 Å².